The van der Waals surface area contributed by atoms with Crippen molar-refractivity contribution >= 4 is 17.6 Å². The molecule has 1 saturated heterocycles. The van der Waals surface area contributed by atoms with Crippen LogP contribution in [0.15, 0.2) is 24.3 Å². The molecule has 0 aromatic heterocycles. The highest BCUT2D eigenvalue weighted by molar-refractivity contribution is 5.82. The van der Waals surface area contributed by atoms with E-state index >= 15 is 0 Å². The van der Waals surface area contributed by atoms with Gasteiger partial charge in [-0.1, -0.05) is 0 Å². The summed E-state index contributed by atoms with van der Waals surface area (Å²) in [6, 6.07) is 5.75. The van der Waals surface area contributed by atoms with Gasteiger partial charge in [-0.3, -0.25) is 9.59 Å². The van der Waals surface area contributed by atoms with Crippen LogP contribution in [-0.4, -0.2) is 48.1 Å². The van der Waals surface area contributed by atoms with Crippen molar-refractivity contribution in [2.24, 2.45) is 0 Å². The van der Waals surface area contributed by atoms with Crippen LogP contribution < -0.4 is 4.90 Å². The fraction of sp³-hybridized carbons (Fsp3) is 0.467. The molecule has 21 heavy (non-hydrogen) atoms. The van der Waals surface area contributed by atoms with E-state index in [-0.39, 0.29) is 31.2 Å². The maximum atomic E-state index is 13.0. The minimum absolute atomic E-state index is 0.0118. The molecule has 0 bridgehead atoms. The van der Waals surface area contributed by atoms with E-state index in [0.29, 0.717) is 5.69 Å². The SMILES string of the molecule is O=C(O)CCN(CC(=O)N1CCCC1)c1ccc(F)cc1. The van der Waals surface area contributed by atoms with E-state index in [4.69, 9.17) is 5.11 Å². The number of amides is 1. The quantitative estimate of drug-likeness (QED) is 0.868. The Labute approximate surface area is 123 Å². The van der Waals surface area contributed by atoms with E-state index in [0.717, 1.165) is 25.9 Å². The van der Waals surface area contributed by atoms with Crippen LogP contribution >= 0.6 is 0 Å². The number of halogens is 1. The van der Waals surface area contributed by atoms with Crippen LogP contribution in [0.5, 0.6) is 0 Å². The van der Waals surface area contributed by atoms with Crippen molar-refractivity contribution in [2.75, 3.05) is 31.1 Å². The van der Waals surface area contributed by atoms with E-state index in [1.807, 2.05) is 0 Å². The highest BCUT2D eigenvalue weighted by Gasteiger charge is 2.21. The zero-order valence-electron chi connectivity index (χ0n) is 11.8. The first-order valence-electron chi connectivity index (χ1n) is 7.06. The largest absolute Gasteiger partial charge is 0.481 e. The van der Waals surface area contributed by atoms with Crippen LogP contribution in [0, 0.1) is 5.82 Å². The van der Waals surface area contributed by atoms with E-state index in [1.54, 1.807) is 21.9 Å². The third-order valence-electron chi connectivity index (χ3n) is 3.57. The summed E-state index contributed by atoms with van der Waals surface area (Å²) in [6.45, 7) is 1.86. The number of nitrogens with zero attached hydrogens (tertiary/aromatic N) is 2. The second kappa shape index (κ2) is 7.06. The van der Waals surface area contributed by atoms with Crippen molar-refractivity contribution < 1.29 is 19.1 Å². The molecule has 0 saturated carbocycles. The lowest BCUT2D eigenvalue weighted by Gasteiger charge is -2.26. The van der Waals surface area contributed by atoms with Crippen molar-refractivity contribution in [2.45, 2.75) is 19.3 Å². The summed E-state index contributed by atoms with van der Waals surface area (Å²) in [6.07, 6.45) is 1.96. The summed E-state index contributed by atoms with van der Waals surface area (Å²) < 4.78 is 13.0. The first-order valence-corrected chi connectivity index (χ1v) is 7.06. The second-order valence-corrected chi connectivity index (χ2v) is 5.13. The first-order chi connectivity index (χ1) is 10.1. The van der Waals surface area contributed by atoms with Crippen LogP contribution in [0.4, 0.5) is 10.1 Å². The summed E-state index contributed by atoms with van der Waals surface area (Å²) in [4.78, 5) is 26.4. The molecule has 114 valence electrons. The smallest absolute Gasteiger partial charge is 0.305 e. The Balaban J connectivity index is 2.05. The molecule has 0 atom stereocenters. The van der Waals surface area contributed by atoms with Crippen molar-refractivity contribution in [1.82, 2.24) is 4.90 Å². The summed E-state index contributed by atoms with van der Waals surface area (Å²) in [5, 5.41) is 8.82. The van der Waals surface area contributed by atoms with Gasteiger partial charge in [-0.15, -0.1) is 0 Å². The lowest BCUT2D eigenvalue weighted by molar-refractivity contribution is -0.137. The summed E-state index contributed by atoms with van der Waals surface area (Å²) in [5.74, 6) is -1.29. The first kappa shape index (κ1) is 15.3. The number of carboxylic acids is 1. The van der Waals surface area contributed by atoms with E-state index in [1.165, 1.54) is 12.1 Å². The van der Waals surface area contributed by atoms with E-state index < -0.39 is 5.97 Å². The molecule has 1 aromatic carbocycles. The fourth-order valence-corrected chi connectivity index (χ4v) is 2.41. The number of aliphatic carboxylic acids is 1. The molecule has 6 heteroatoms. The van der Waals surface area contributed by atoms with Gasteiger partial charge in [0.2, 0.25) is 5.91 Å². The summed E-state index contributed by atoms with van der Waals surface area (Å²) in [7, 11) is 0. The molecule has 0 unspecified atom stereocenters. The van der Waals surface area contributed by atoms with Crippen molar-refractivity contribution in [3.05, 3.63) is 30.1 Å². The lowest BCUT2D eigenvalue weighted by Crippen LogP contribution is -2.40. The Kier molecular flexibility index (Phi) is 5.14. The molecule has 0 spiro atoms. The van der Waals surface area contributed by atoms with Gasteiger partial charge in [0.1, 0.15) is 5.82 Å². The summed E-state index contributed by atoms with van der Waals surface area (Å²) >= 11 is 0. The third-order valence-corrected chi connectivity index (χ3v) is 3.57. The molecule has 1 aliphatic heterocycles. The molecule has 0 aliphatic carbocycles. The van der Waals surface area contributed by atoms with Gasteiger partial charge in [0.25, 0.3) is 0 Å². The number of carbonyl (C=O) groups is 2. The Hall–Kier alpha value is -2.11. The highest BCUT2D eigenvalue weighted by Crippen LogP contribution is 2.16. The standard InChI is InChI=1S/C15H19FN2O3/c16-12-3-5-13(6-4-12)18(10-7-15(20)21)11-14(19)17-8-1-2-9-17/h3-6H,1-2,7-11H2,(H,20,21). The minimum Gasteiger partial charge on any atom is -0.481 e. The van der Waals surface area contributed by atoms with Gasteiger partial charge in [0, 0.05) is 25.3 Å². The predicted octanol–water partition coefficient (Wildman–Crippen LogP) is 1.73. The highest BCUT2D eigenvalue weighted by atomic mass is 19.1. The molecule has 1 aliphatic rings. The van der Waals surface area contributed by atoms with Gasteiger partial charge < -0.3 is 14.9 Å². The number of hydrogen-bond donors (Lipinski definition) is 1. The number of benzene rings is 1. The Morgan fingerprint density at radius 1 is 1.19 bits per heavy atom. The molecule has 1 amide bonds. The van der Waals surface area contributed by atoms with Crippen LogP contribution in [0.2, 0.25) is 0 Å². The van der Waals surface area contributed by atoms with E-state index in [2.05, 4.69) is 0 Å². The lowest BCUT2D eigenvalue weighted by atomic mass is 10.2. The van der Waals surface area contributed by atoms with Gasteiger partial charge in [-0.05, 0) is 37.1 Å². The van der Waals surface area contributed by atoms with Crippen LogP contribution in [0.1, 0.15) is 19.3 Å². The fourth-order valence-electron chi connectivity index (χ4n) is 2.41. The van der Waals surface area contributed by atoms with Gasteiger partial charge >= 0.3 is 5.97 Å². The molecule has 1 heterocycles. The molecule has 2 rings (SSSR count). The maximum Gasteiger partial charge on any atom is 0.305 e. The molecule has 5 nitrogen and oxygen atoms in total. The Morgan fingerprint density at radius 2 is 1.81 bits per heavy atom. The second-order valence-electron chi connectivity index (χ2n) is 5.13. The average Bonchev–Trinajstić information content (AvgIpc) is 2.98. The normalized spacial score (nSPS) is 14.2. The molecule has 1 N–H and O–H groups in total. The zero-order valence-corrected chi connectivity index (χ0v) is 11.8. The van der Waals surface area contributed by atoms with Crippen LogP contribution in [0.3, 0.4) is 0 Å². The third kappa shape index (κ3) is 4.44. The molecule has 1 aromatic rings. The van der Waals surface area contributed by atoms with Crippen LogP contribution in [0.25, 0.3) is 0 Å². The van der Waals surface area contributed by atoms with Crippen molar-refractivity contribution in [3.63, 3.8) is 0 Å². The number of carbonyl (C=O) groups excluding carboxylic acids is 1. The average molecular weight is 294 g/mol. The van der Waals surface area contributed by atoms with Gasteiger partial charge in [-0.2, -0.15) is 0 Å². The van der Waals surface area contributed by atoms with Gasteiger partial charge in [-0.25, -0.2) is 4.39 Å². The number of anilines is 1. The van der Waals surface area contributed by atoms with Crippen molar-refractivity contribution in [1.29, 1.82) is 0 Å². The Morgan fingerprint density at radius 3 is 2.38 bits per heavy atom. The van der Waals surface area contributed by atoms with Crippen molar-refractivity contribution in [3.8, 4) is 0 Å². The number of hydrogen-bond acceptors (Lipinski definition) is 3. The summed E-state index contributed by atoms with van der Waals surface area (Å²) in [5.41, 5.74) is 0.658. The molecule has 0 radical (unpaired) electrons. The topological polar surface area (TPSA) is 60.9 Å². The van der Waals surface area contributed by atoms with Gasteiger partial charge in [0.05, 0.1) is 13.0 Å². The van der Waals surface area contributed by atoms with Crippen LogP contribution in [-0.2, 0) is 9.59 Å². The van der Waals surface area contributed by atoms with Gasteiger partial charge in [0.15, 0.2) is 0 Å². The zero-order chi connectivity index (χ0) is 15.2. The number of carboxylic acid groups (broad SMARTS) is 1. The number of likely N-dealkylation sites (tertiary alicyclic amines) is 1. The minimum atomic E-state index is -0.921. The molecular formula is C15H19FN2O3. The number of rotatable bonds is 6. The Bertz CT molecular complexity index is 498. The monoisotopic (exact) mass is 294 g/mol. The maximum absolute atomic E-state index is 13.0. The predicted molar refractivity (Wildman–Crippen MR) is 76.7 cm³/mol. The van der Waals surface area contributed by atoms with E-state index in [9.17, 15) is 14.0 Å². The molecule has 1 fully saturated rings. The molecular weight excluding hydrogens is 275 g/mol.